The molecule has 0 aliphatic heterocycles. The molecule has 0 bridgehead atoms. The predicted octanol–water partition coefficient (Wildman–Crippen LogP) is 1.50. The second-order valence-electron chi connectivity index (χ2n) is 4.63. The van der Waals surface area contributed by atoms with Gasteiger partial charge < -0.3 is 21.1 Å². The zero-order chi connectivity index (χ0) is 14.4. The lowest BCUT2D eigenvalue weighted by atomic mass is 10.2. The minimum atomic E-state index is -1.03. The number of carboxylic acids is 1. The van der Waals surface area contributed by atoms with Gasteiger partial charge in [0.25, 0.3) is 0 Å². The van der Waals surface area contributed by atoms with Crippen LogP contribution in [0.15, 0.2) is 12.3 Å². The van der Waals surface area contributed by atoms with Crippen molar-refractivity contribution in [3.8, 4) is 0 Å². The Hall–Kier alpha value is -1.82. The van der Waals surface area contributed by atoms with Crippen LogP contribution in [0.5, 0.6) is 0 Å². The van der Waals surface area contributed by atoms with E-state index in [1.54, 1.807) is 0 Å². The third kappa shape index (κ3) is 4.40. The number of nitrogen functional groups attached to an aromatic ring is 1. The number of carbonyl (C=O) groups is 1. The fourth-order valence-corrected chi connectivity index (χ4v) is 1.67. The molecule has 1 aromatic rings. The molecule has 1 unspecified atom stereocenters. The number of hydrogen-bond donors (Lipinski definition) is 3. The van der Waals surface area contributed by atoms with Crippen molar-refractivity contribution in [2.45, 2.75) is 26.3 Å². The van der Waals surface area contributed by atoms with E-state index in [1.165, 1.54) is 12.3 Å². The van der Waals surface area contributed by atoms with E-state index in [2.05, 4.69) is 29.0 Å². The smallest absolute Gasteiger partial charge is 0.339 e. The quantitative estimate of drug-likeness (QED) is 0.693. The van der Waals surface area contributed by atoms with Crippen LogP contribution in [0.1, 0.15) is 30.6 Å². The van der Waals surface area contributed by atoms with Crippen LogP contribution in [0.2, 0.25) is 0 Å². The second kappa shape index (κ2) is 6.94. The Balaban J connectivity index is 2.61. The molecule has 0 saturated carbocycles. The van der Waals surface area contributed by atoms with E-state index in [4.69, 9.17) is 10.8 Å². The third-order valence-electron chi connectivity index (χ3n) is 3.24. The summed E-state index contributed by atoms with van der Waals surface area (Å²) in [5.41, 5.74) is 5.99. The van der Waals surface area contributed by atoms with Crippen LogP contribution in [0.3, 0.4) is 0 Å². The van der Waals surface area contributed by atoms with Gasteiger partial charge in [-0.25, -0.2) is 9.78 Å². The lowest BCUT2D eigenvalue weighted by Gasteiger charge is -2.23. The lowest BCUT2D eigenvalue weighted by molar-refractivity contribution is 0.0697. The minimum Gasteiger partial charge on any atom is -0.478 e. The van der Waals surface area contributed by atoms with Gasteiger partial charge >= 0.3 is 5.97 Å². The van der Waals surface area contributed by atoms with Crippen LogP contribution in [0.4, 0.5) is 11.5 Å². The van der Waals surface area contributed by atoms with Gasteiger partial charge in [0, 0.05) is 19.1 Å². The van der Waals surface area contributed by atoms with Gasteiger partial charge in [-0.3, -0.25) is 0 Å². The average Bonchev–Trinajstić information content (AvgIpc) is 2.38. The number of nitrogens with zero attached hydrogens (tertiary/aromatic N) is 2. The zero-order valence-electron chi connectivity index (χ0n) is 11.7. The predicted molar refractivity (Wildman–Crippen MR) is 76.5 cm³/mol. The van der Waals surface area contributed by atoms with Crippen LogP contribution >= 0.6 is 0 Å². The van der Waals surface area contributed by atoms with Crippen molar-refractivity contribution in [3.63, 3.8) is 0 Å². The number of nitrogens with two attached hydrogens (primary N) is 1. The molecule has 1 heterocycles. The first-order chi connectivity index (χ1) is 8.95. The van der Waals surface area contributed by atoms with Gasteiger partial charge in [0.05, 0.1) is 11.9 Å². The Morgan fingerprint density at radius 2 is 2.32 bits per heavy atom. The molecule has 6 nitrogen and oxygen atoms in total. The molecule has 0 radical (unpaired) electrons. The number of aromatic nitrogens is 1. The number of carboxylic acid groups (broad SMARTS) is 1. The molecule has 0 amide bonds. The Bertz CT molecular complexity index is 437. The van der Waals surface area contributed by atoms with Crippen molar-refractivity contribution in [2.75, 3.05) is 31.2 Å². The summed E-state index contributed by atoms with van der Waals surface area (Å²) in [6.45, 7) is 5.75. The summed E-state index contributed by atoms with van der Waals surface area (Å²) in [4.78, 5) is 17.3. The maximum Gasteiger partial charge on any atom is 0.339 e. The highest BCUT2D eigenvalue weighted by Gasteiger charge is 2.12. The summed E-state index contributed by atoms with van der Waals surface area (Å²) in [6, 6.07) is 1.91. The van der Waals surface area contributed by atoms with Crippen LogP contribution in [-0.2, 0) is 0 Å². The fourth-order valence-electron chi connectivity index (χ4n) is 1.67. The minimum absolute atomic E-state index is 0.103. The van der Waals surface area contributed by atoms with Crippen molar-refractivity contribution < 1.29 is 9.90 Å². The molecule has 6 heteroatoms. The summed E-state index contributed by atoms with van der Waals surface area (Å²) in [6.07, 6.45) is 2.53. The summed E-state index contributed by atoms with van der Waals surface area (Å²) < 4.78 is 0. The topological polar surface area (TPSA) is 91.5 Å². The molecular formula is C13H22N4O2. The van der Waals surface area contributed by atoms with Crippen LogP contribution < -0.4 is 11.1 Å². The van der Waals surface area contributed by atoms with E-state index in [1.807, 2.05) is 7.05 Å². The van der Waals surface area contributed by atoms with E-state index in [0.717, 1.165) is 13.0 Å². The Labute approximate surface area is 113 Å². The first kappa shape index (κ1) is 15.2. The number of hydrogen-bond acceptors (Lipinski definition) is 5. The number of rotatable bonds is 7. The normalized spacial score (nSPS) is 12.4. The fraction of sp³-hybridized carbons (Fsp3) is 0.538. The summed E-state index contributed by atoms with van der Waals surface area (Å²) in [7, 11) is 2.05. The molecule has 0 fully saturated rings. The second-order valence-corrected chi connectivity index (χ2v) is 4.63. The standard InChI is InChI=1S/C13H22N4O2/c1-4-9(2)17(3)6-5-15-12-11(13(18)19)7-10(14)8-16-12/h7-9H,4-6,14H2,1-3H3,(H,15,16)(H,18,19). The van der Waals surface area contributed by atoms with Crippen LogP contribution in [0, 0.1) is 0 Å². The van der Waals surface area contributed by atoms with Gasteiger partial charge in [-0.15, -0.1) is 0 Å². The molecule has 1 aromatic heterocycles. The van der Waals surface area contributed by atoms with Gasteiger partial charge in [0.1, 0.15) is 11.4 Å². The van der Waals surface area contributed by atoms with Crippen molar-refractivity contribution in [3.05, 3.63) is 17.8 Å². The van der Waals surface area contributed by atoms with E-state index >= 15 is 0 Å². The van der Waals surface area contributed by atoms with Crippen molar-refractivity contribution in [2.24, 2.45) is 0 Å². The van der Waals surface area contributed by atoms with Crippen molar-refractivity contribution in [1.29, 1.82) is 0 Å². The summed E-state index contributed by atoms with van der Waals surface area (Å²) in [5.74, 6) is -0.670. The molecule has 4 N–H and O–H groups in total. The Kier molecular flexibility index (Phi) is 5.57. The molecule has 0 spiro atoms. The molecule has 1 atom stereocenters. The SMILES string of the molecule is CCC(C)N(C)CCNc1ncc(N)cc1C(=O)O. The largest absolute Gasteiger partial charge is 0.478 e. The van der Waals surface area contributed by atoms with E-state index in [9.17, 15) is 4.79 Å². The molecule has 106 valence electrons. The van der Waals surface area contributed by atoms with E-state index in [0.29, 0.717) is 24.1 Å². The maximum absolute atomic E-state index is 11.1. The molecule has 0 aliphatic rings. The molecule has 0 aromatic carbocycles. The Morgan fingerprint density at radius 3 is 2.89 bits per heavy atom. The number of likely N-dealkylation sites (N-methyl/N-ethyl adjacent to an activating group) is 1. The van der Waals surface area contributed by atoms with Gasteiger partial charge in [-0.05, 0) is 26.5 Å². The van der Waals surface area contributed by atoms with Gasteiger partial charge in [0.2, 0.25) is 0 Å². The molecule has 0 saturated heterocycles. The number of aromatic carboxylic acids is 1. The maximum atomic E-state index is 11.1. The average molecular weight is 266 g/mol. The first-order valence-electron chi connectivity index (χ1n) is 6.38. The van der Waals surface area contributed by atoms with Gasteiger partial charge in [-0.1, -0.05) is 6.92 Å². The van der Waals surface area contributed by atoms with Gasteiger partial charge in [0.15, 0.2) is 0 Å². The molecule has 0 aliphatic carbocycles. The van der Waals surface area contributed by atoms with Crippen molar-refractivity contribution >= 4 is 17.5 Å². The third-order valence-corrected chi connectivity index (χ3v) is 3.24. The Morgan fingerprint density at radius 1 is 1.63 bits per heavy atom. The highest BCUT2D eigenvalue weighted by Crippen LogP contribution is 2.15. The summed E-state index contributed by atoms with van der Waals surface area (Å²) >= 11 is 0. The first-order valence-corrected chi connectivity index (χ1v) is 6.38. The highest BCUT2D eigenvalue weighted by molar-refractivity contribution is 5.94. The van der Waals surface area contributed by atoms with E-state index < -0.39 is 5.97 Å². The van der Waals surface area contributed by atoms with E-state index in [-0.39, 0.29) is 5.56 Å². The highest BCUT2D eigenvalue weighted by atomic mass is 16.4. The number of nitrogens with one attached hydrogen (secondary N) is 1. The number of pyridine rings is 1. The molecular weight excluding hydrogens is 244 g/mol. The van der Waals surface area contributed by atoms with Crippen molar-refractivity contribution in [1.82, 2.24) is 9.88 Å². The van der Waals surface area contributed by atoms with Crippen LogP contribution in [0.25, 0.3) is 0 Å². The molecule has 19 heavy (non-hydrogen) atoms. The summed E-state index contributed by atoms with van der Waals surface area (Å²) in [5, 5.41) is 12.1. The number of anilines is 2. The van der Waals surface area contributed by atoms with Gasteiger partial charge in [-0.2, -0.15) is 0 Å². The monoisotopic (exact) mass is 266 g/mol. The molecule has 1 rings (SSSR count). The van der Waals surface area contributed by atoms with Crippen LogP contribution in [-0.4, -0.2) is 47.1 Å². The zero-order valence-corrected chi connectivity index (χ0v) is 11.7. The lowest BCUT2D eigenvalue weighted by Crippen LogP contribution is -2.33.